The highest BCUT2D eigenvalue weighted by molar-refractivity contribution is 5.94. The van der Waals surface area contributed by atoms with Crippen molar-refractivity contribution in [2.45, 2.75) is 13.5 Å². The van der Waals surface area contributed by atoms with Gasteiger partial charge in [-0.3, -0.25) is 4.79 Å². The van der Waals surface area contributed by atoms with Gasteiger partial charge in [-0.25, -0.2) is 0 Å². The van der Waals surface area contributed by atoms with Gasteiger partial charge in [0.05, 0.1) is 6.54 Å². The summed E-state index contributed by atoms with van der Waals surface area (Å²) in [5.74, 6) is -0.110. The SMILES string of the molecule is Cc1ccc(CNC(=O)c2cccc(N)c2)n1C. The predicted molar refractivity (Wildman–Crippen MR) is 72.2 cm³/mol. The number of anilines is 1. The van der Waals surface area contributed by atoms with Gasteiger partial charge in [-0.1, -0.05) is 6.07 Å². The minimum absolute atomic E-state index is 0.110. The van der Waals surface area contributed by atoms with Crippen molar-refractivity contribution in [3.05, 3.63) is 53.3 Å². The molecule has 3 N–H and O–H groups in total. The molecule has 94 valence electrons. The van der Waals surface area contributed by atoms with E-state index < -0.39 is 0 Å². The van der Waals surface area contributed by atoms with E-state index in [0.717, 1.165) is 5.69 Å². The van der Waals surface area contributed by atoms with Crippen molar-refractivity contribution in [1.29, 1.82) is 0 Å². The highest BCUT2D eigenvalue weighted by atomic mass is 16.1. The van der Waals surface area contributed by atoms with Crippen LogP contribution in [0.3, 0.4) is 0 Å². The van der Waals surface area contributed by atoms with Crippen LogP contribution in [0, 0.1) is 6.92 Å². The Kier molecular flexibility index (Phi) is 3.37. The number of benzene rings is 1. The van der Waals surface area contributed by atoms with E-state index in [1.54, 1.807) is 24.3 Å². The van der Waals surface area contributed by atoms with E-state index in [0.29, 0.717) is 17.8 Å². The first kappa shape index (κ1) is 12.2. The van der Waals surface area contributed by atoms with Gasteiger partial charge >= 0.3 is 0 Å². The van der Waals surface area contributed by atoms with Crippen molar-refractivity contribution in [3.8, 4) is 0 Å². The third kappa shape index (κ3) is 2.53. The molecule has 0 saturated heterocycles. The van der Waals surface area contributed by atoms with Crippen molar-refractivity contribution in [1.82, 2.24) is 9.88 Å². The van der Waals surface area contributed by atoms with Crippen molar-refractivity contribution in [3.63, 3.8) is 0 Å². The van der Waals surface area contributed by atoms with Gasteiger partial charge in [-0.15, -0.1) is 0 Å². The summed E-state index contributed by atoms with van der Waals surface area (Å²) < 4.78 is 2.06. The van der Waals surface area contributed by atoms with Gasteiger partial charge < -0.3 is 15.6 Å². The zero-order valence-electron chi connectivity index (χ0n) is 10.6. The van der Waals surface area contributed by atoms with Gasteiger partial charge in [-0.05, 0) is 37.3 Å². The highest BCUT2D eigenvalue weighted by Crippen LogP contribution is 2.08. The molecule has 0 fully saturated rings. The fraction of sp³-hybridized carbons (Fsp3) is 0.214. The summed E-state index contributed by atoms with van der Waals surface area (Å²) in [6, 6.07) is 11.0. The van der Waals surface area contributed by atoms with Crippen LogP contribution >= 0.6 is 0 Å². The fourth-order valence-electron chi connectivity index (χ4n) is 1.80. The Bertz CT molecular complexity index is 572. The van der Waals surface area contributed by atoms with Crippen LogP contribution < -0.4 is 11.1 Å². The molecule has 1 aromatic carbocycles. The zero-order chi connectivity index (χ0) is 13.1. The van der Waals surface area contributed by atoms with Crippen molar-refractivity contribution in [2.75, 3.05) is 5.73 Å². The van der Waals surface area contributed by atoms with Crippen LogP contribution in [0.5, 0.6) is 0 Å². The number of nitrogens with one attached hydrogen (secondary N) is 1. The van der Waals surface area contributed by atoms with Crippen LogP contribution in [-0.4, -0.2) is 10.5 Å². The summed E-state index contributed by atoms with van der Waals surface area (Å²) in [5, 5.41) is 2.88. The molecule has 0 aliphatic rings. The minimum atomic E-state index is -0.110. The number of nitrogens with two attached hydrogens (primary N) is 1. The molecule has 0 atom stereocenters. The van der Waals surface area contributed by atoms with Gasteiger partial charge in [-0.2, -0.15) is 0 Å². The molecule has 4 nitrogen and oxygen atoms in total. The number of carbonyl (C=O) groups excluding carboxylic acids is 1. The molecular weight excluding hydrogens is 226 g/mol. The molecule has 2 rings (SSSR count). The van der Waals surface area contributed by atoms with E-state index in [-0.39, 0.29) is 5.91 Å². The molecule has 0 spiro atoms. The molecule has 18 heavy (non-hydrogen) atoms. The molecule has 4 heteroatoms. The van der Waals surface area contributed by atoms with Gasteiger partial charge in [0.2, 0.25) is 0 Å². The maximum atomic E-state index is 11.9. The molecule has 0 aliphatic heterocycles. The molecule has 0 aliphatic carbocycles. The third-order valence-electron chi connectivity index (χ3n) is 3.06. The van der Waals surface area contributed by atoms with E-state index in [4.69, 9.17) is 5.73 Å². The second-order valence-electron chi connectivity index (χ2n) is 4.33. The quantitative estimate of drug-likeness (QED) is 0.808. The van der Waals surface area contributed by atoms with Crippen LogP contribution in [0.25, 0.3) is 0 Å². The number of nitrogen functional groups attached to an aromatic ring is 1. The van der Waals surface area contributed by atoms with Crippen molar-refractivity contribution < 1.29 is 4.79 Å². The Labute approximate surface area is 106 Å². The van der Waals surface area contributed by atoms with Gasteiger partial charge in [0.1, 0.15) is 0 Å². The maximum Gasteiger partial charge on any atom is 0.251 e. The second kappa shape index (κ2) is 4.96. The standard InChI is InChI=1S/C14H17N3O/c1-10-6-7-13(17(10)2)9-16-14(18)11-4-3-5-12(15)8-11/h3-8H,9,15H2,1-2H3,(H,16,18). The first-order chi connectivity index (χ1) is 8.58. The molecule has 1 amide bonds. The van der Waals surface area contributed by atoms with Crippen LogP contribution in [-0.2, 0) is 13.6 Å². The lowest BCUT2D eigenvalue weighted by atomic mass is 10.2. The summed E-state index contributed by atoms with van der Waals surface area (Å²) in [7, 11) is 1.98. The average molecular weight is 243 g/mol. The molecule has 0 bridgehead atoms. The fourth-order valence-corrected chi connectivity index (χ4v) is 1.80. The van der Waals surface area contributed by atoms with Gasteiger partial charge in [0, 0.05) is 29.7 Å². The summed E-state index contributed by atoms with van der Waals surface area (Å²) in [4.78, 5) is 11.9. The van der Waals surface area contributed by atoms with E-state index in [2.05, 4.69) is 9.88 Å². The molecule has 0 unspecified atom stereocenters. The van der Waals surface area contributed by atoms with Crippen LogP contribution in [0.2, 0.25) is 0 Å². The molecule has 2 aromatic rings. The third-order valence-corrected chi connectivity index (χ3v) is 3.06. The minimum Gasteiger partial charge on any atom is -0.399 e. The second-order valence-corrected chi connectivity index (χ2v) is 4.33. The first-order valence-corrected chi connectivity index (χ1v) is 5.83. The number of rotatable bonds is 3. The summed E-state index contributed by atoms with van der Waals surface area (Å²) in [6.45, 7) is 2.54. The number of carbonyl (C=O) groups is 1. The number of aromatic nitrogens is 1. The van der Waals surface area contributed by atoms with Gasteiger partial charge in [0.15, 0.2) is 0 Å². The smallest absolute Gasteiger partial charge is 0.251 e. The Balaban J connectivity index is 2.03. The van der Waals surface area contributed by atoms with E-state index in [9.17, 15) is 4.79 Å². The lowest BCUT2D eigenvalue weighted by Crippen LogP contribution is -2.24. The topological polar surface area (TPSA) is 60.1 Å². The number of hydrogen-bond donors (Lipinski definition) is 2. The zero-order valence-corrected chi connectivity index (χ0v) is 10.6. The van der Waals surface area contributed by atoms with E-state index >= 15 is 0 Å². The molecule has 0 saturated carbocycles. The molecule has 0 radical (unpaired) electrons. The lowest BCUT2D eigenvalue weighted by molar-refractivity contribution is 0.0950. The normalized spacial score (nSPS) is 10.3. The maximum absolute atomic E-state index is 11.9. The number of hydrogen-bond acceptors (Lipinski definition) is 2. The van der Waals surface area contributed by atoms with Crippen molar-refractivity contribution >= 4 is 11.6 Å². The monoisotopic (exact) mass is 243 g/mol. The number of nitrogens with zero attached hydrogens (tertiary/aromatic N) is 1. The highest BCUT2D eigenvalue weighted by Gasteiger charge is 2.07. The number of amides is 1. The Hall–Kier alpha value is -2.23. The predicted octanol–water partition coefficient (Wildman–Crippen LogP) is 1.85. The lowest BCUT2D eigenvalue weighted by Gasteiger charge is -2.08. The molecule has 1 heterocycles. The summed E-state index contributed by atoms with van der Waals surface area (Å²) in [6.07, 6.45) is 0. The average Bonchev–Trinajstić information content (AvgIpc) is 2.67. The van der Waals surface area contributed by atoms with Gasteiger partial charge in [0.25, 0.3) is 5.91 Å². The molecular formula is C14H17N3O. The summed E-state index contributed by atoms with van der Waals surface area (Å²) >= 11 is 0. The Morgan fingerprint density at radius 1 is 1.33 bits per heavy atom. The van der Waals surface area contributed by atoms with E-state index in [1.165, 1.54) is 5.69 Å². The van der Waals surface area contributed by atoms with Crippen LogP contribution in [0.1, 0.15) is 21.7 Å². The Morgan fingerprint density at radius 2 is 2.11 bits per heavy atom. The molecule has 1 aromatic heterocycles. The summed E-state index contributed by atoms with van der Waals surface area (Å²) in [5.41, 5.74) is 9.07. The van der Waals surface area contributed by atoms with E-state index in [1.807, 2.05) is 26.1 Å². The van der Waals surface area contributed by atoms with Crippen molar-refractivity contribution in [2.24, 2.45) is 7.05 Å². The van der Waals surface area contributed by atoms with Crippen LogP contribution in [0.15, 0.2) is 36.4 Å². The largest absolute Gasteiger partial charge is 0.399 e. The van der Waals surface area contributed by atoms with Crippen LogP contribution in [0.4, 0.5) is 5.69 Å². The number of aryl methyl sites for hydroxylation is 1. The first-order valence-electron chi connectivity index (χ1n) is 5.83. The Morgan fingerprint density at radius 3 is 2.72 bits per heavy atom.